The molecule has 1 aliphatic rings. The minimum atomic E-state index is -3.51. The van der Waals surface area contributed by atoms with E-state index in [1.54, 1.807) is 37.3 Å². The highest BCUT2D eigenvalue weighted by Gasteiger charge is 2.37. The summed E-state index contributed by atoms with van der Waals surface area (Å²) in [7, 11) is -3.51. The Hall–Kier alpha value is -1.18. The van der Waals surface area contributed by atoms with Gasteiger partial charge in [0.2, 0.25) is 10.0 Å². The molecule has 0 bridgehead atoms. The summed E-state index contributed by atoms with van der Waals surface area (Å²) in [5.74, 6) is 0.692. The zero-order valence-electron chi connectivity index (χ0n) is 11.5. The molecular weight excluding hydrogens is 356 g/mol. The average molecular weight is 371 g/mol. The molecule has 0 unspecified atom stereocenters. The van der Waals surface area contributed by atoms with E-state index in [0.29, 0.717) is 22.9 Å². The van der Waals surface area contributed by atoms with E-state index in [-0.39, 0.29) is 6.04 Å². The summed E-state index contributed by atoms with van der Waals surface area (Å²) < 4.78 is 33.0. The summed E-state index contributed by atoms with van der Waals surface area (Å²) in [6, 6.07) is 8.26. The fourth-order valence-corrected chi connectivity index (χ4v) is 4.54. The van der Waals surface area contributed by atoms with Crippen molar-refractivity contribution in [2.75, 3.05) is 6.54 Å². The van der Waals surface area contributed by atoms with Crippen LogP contribution in [0.3, 0.4) is 0 Å². The minimum Gasteiger partial charge on any atom is -0.361 e. The fraction of sp³-hybridized carbons (Fsp3) is 0.357. The lowest BCUT2D eigenvalue weighted by molar-refractivity contribution is 0.349. The van der Waals surface area contributed by atoms with Crippen molar-refractivity contribution >= 4 is 26.0 Å². The van der Waals surface area contributed by atoms with Crippen molar-refractivity contribution in [2.24, 2.45) is 0 Å². The van der Waals surface area contributed by atoms with E-state index in [1.165, 1.54) is 4.31 Å². The van der Waals surface area contributed by atoms with Gasteiger partial charge in [-0.15, -0.1) is 0 Å². The van der Waals surface area contributed by atoms with Crippen LogP contribution < -0.4 is 0 Å². The van der Waals surface area contributed by atoms with Crippen LogP contribution in [0.4, 0.5) is 0 Å². The molecular formula is C14H15BrN2O3S. The summed E-state index contributed by atoms with van der Waals surface area (Å²) in [6.07, 6.45) is 1.59. The standard InChI is InChI=1S/C14H15BrN2O3S/c1-10-9-13(16-20-10)14-3-2-8-17(14)21(18,19)12-6-4-11(15)5-7-12/h4-7,9,14H,2-3,8H2,1H3/t14-/m1/s1. The molecule has 112 valence electrons. The van der Waals surface area contributed by atoms with Gasteiger partial charge in [0, 0.05) is 17.1 Å². The second-order valence-electron chi connectivity index (χ2n) is 5.09. The number of hydrogen-bond acceptors (Lipinski definition) is 4. The topological polar surface area (TPSA) is 63.4 Å². The number of aryl methyl sites for hydroxylation is 1. The van der Waals surface area contributed by atoms with E-state index < -0.39 is 10.0 Å². The van der Waals surface area contributed by atoms with Gasteiger partial charge in [0.25, 0.3) is 0 Å². The Morgan fingerprint density at radius 1 is 1.33 bits per heavy atom. The highest BCUT2D eigenvalue weighted by Crippen LogP contribution is 2.36. The number of halogens is 1. The lowest BCUT2D eigenvalue weighted by Gasteiger charge is -2.22. The third-order valence-electron chi connectivity index (χ3n) is 3.61. The molecule has 7 heteroatoms. The first-order chi connectivity index (χ1) is 9.98. The molecule has 0 saturated carbocycles. The number of benzene rings is 1. The predicted octanol–water partition coefficient (Wildman–Crippen LogP) is 3.27. The molecule has 0 spiro atoms. The summed E-state index contributed by atoms with van der Waals surface area (Å²) >= 11 is 3.32. The Bertz CT molecular complexity index is 740. The van der Waals surface area contributed by atoms with Crippen molar-refractivity contribution in [2.45, 2.75) is 30.7 Å². The molecule has 0 N–H and O–H groups in total. The molecule has 21 heavy (non-hydrogen) atoms. The number of sulfonamides is 1. The second-order valence-corrected chi connectivity index (χ2v) is 7.90. The molecule has 1 aromatic heterocycles. The molecule has 1 atom stereocenters. The second kappa shape index (κ2) is 5.55. The third kappa shape index (κ3) is 2.77. The minimum absolute atomic E-state index is 0.240. The Morgan fingerprint density at radius 3 is 2.67 bits per heavy atom. The van der Waals surface area contributed by atoms with E-state index in [9.17, 15) is 8.42 Å². The van der Waals surface area contributed by atoms with Crippen LogP contribution in [0, 0.1) is 6.92 Å². The van der Waals surface area contributed by atoms with E-state index in [4.69, 9.17) is 4.52 Å². The van der Waals surface area contributed by atoms with Crippen LogP contribution in [0.15, 0.2) is 44.2 Å². The van der Waals surface area contributed by atoms with Crippen molar-refractivity contribution < 1.29 is 12.9 Å². The van der Waals surface area contributed by atoms with Gasteiger partial charge >= 0.3 is 0 Å². The lowest BCUT2D eigenvalue weighted by atomic mass is 10.1. The van der Waals surface area contributed by atoms with Gasteiger partial charge in [-0.1, -0.05) is 21.1 Å². The smallest absolute Gasteiger partial charge is 0.243 e. The van der Waals surface area contributed by atoms with Crippen molar-refractivity contribution in [3.63, 3.8) is 0 Å². The Balaban J connectivity index is 1.96. The van der Waals surface area contributed by atoms with E-state index in [2.05, 4.69) is 21.1 Å². The SMILES string of the molecule is Cc1cc([C@H]2CCCN2S(=O)(=O)c2ccc(Br)cc2)no1. The van der Waals surface area contributed by atoms with Crippen molar-refractivity contribution in [1.29, 1.82) is 0 Å². The van der Waals surface area contributed by atoms with E-state index in [0.717, 1.165) is 17.3 Å². The van der Waals surface area contributed by atoms with Gasteiger partial charge < -0.3 is 4.52 Å². The molecule has 5 nitrogen and oxygen atoms in total. The first-order valence-corrected chi connectivity index (χ1v) is 8.92. The van der Waals surface area contributed by atoms with Gasteiger partial charge in [-0.05, 0) is 44.0 Å². The van der Waals surface area contributed by atoms with E-state index in [1.807, 2.05) is 0 Å². The van der Waals surface area contributed by atoms with Gasteiger partial charge in [-0.2, -0.15) is 4.31 Å². The van der Waals surface area contributed by atoms with Crippen LogP contribution in [0.5, 0.6) is 0 Å². The van der Waals surface area contributed by atoms with Gasteiger partial charge in [0.05, 0.1) is 10.9 Å². The maximum atomic E-state index is 12.8. The molecule has 0 amide bonds. The van der Waals surface area contributed by atoms with Crippen LogP contribution in [-0.2, 0) is 10.0 Å². The predicted molar refractivity (Wildman–Crippen MR) is 81.2 cm³/mol. The molecule has 1 saturated heterocycles. The summed E-state index contributed by atoms with van der Waals surface area (Å²) in [5, 5.41) is 3.98. The van der Waals surface area contributed by atoms with Gasteiger partial charge in [-0.25, -0.2) is 8.42 Å². The van der Waals surface area contributed by atoms with Crippen molar-refractivity contribution in [1.82, 2.24) is 9.46 Å². The van der Waals surface area contributed by atoms with Gasteiger partial charge in [0.15, 0.2) is 0 Å². The molecule has 3 rings (SSSR count). The summed E-state index contributed by atoms with van der Waals surface area (Å²) in [4.78, 5) is 0.304. The molecule has 0 radical (unpaired) electrons. The Morgan fingerprint density at radius 2 is 2.05 bits per heavy atom. The molecule has 1 aromatic carbocycles. The zero-order valence-corrected chi connectivity index (χ0v) is 13.9. The Labute approximate surface area is 132 Å². The number of rotatable bonds is 3. The maximum absolute atomic E-state index is 12.8. The first-order valence-electron chi connectivity index (χ1n) is 6.69. The maximum Gasteiger partial charge on any atom is 0.243 e. The van der Waals surface area contributed by atoms with Crippen LogP contribution in [-0.4, -0.2) is 24.4 Å². The number of aromatic nitrogens is 1. The summed E-state index contributed by atoms with van der Waals surface area (Å²) in [5.41, 5.74) is 0.686. The zero-order chi connectivity index (χ0) is 15.0. The highest BCUT2D eigenvalue weighted by molar-refractivity contribution is 9.10. The third-order valence-corrected chi connectivity index (χ3v) is 6.06. The number of hydrogen-bond donors (Lipinski definition) is 0. The van der Waals surface area contributed by atoms with Gasteiger partial charge in [0.1, 0.15) is 11.5 Å². The molecule has 2 aromatic rings. The van der Waals surface area contributed by atoms with Crippen LogP contribution in [0.2, 0.25) is 0 Å². The lowest BCUT2D eigenvalue weighted by Crippen LogP contribution is -2.30. The monoisotopic (exact) mass is 370 g/mol. The highest BCUT2D eigenvalue weighted by atomic mass is 79.9. The van der Waals surface area contributed by atoms with Crippen LogP contribution in [0.1, 0.15) is 30.3 Å². The molecule has 1 aliphatic heterocycles. The van der Waals surface area contributed by atoms with Crippen molar-refractivity contribution in [3.05, 3.63) is 46.3 Å². The molecule has 2 heterocycles. The quantitative estimate of drug-likeness (QED) is 0.831. The van der Waals surface area contributed by atoms with Crippen molar-refractivity contribution in [3.8, 4) is 0 Å². The Kier molecular flexibility index (Phi) is 3.90. The number of nitrogens with zero attached hydrogens (tertiary/aromatic N) is 2. The first kappa shape index (κ1) is 14.7. The summed E-state index contributed by atoms with van der Waals surface area (Å²) in [6.45, 7) is 2.31. The van der Waals surface area contributed by atoms with E-state index >= 15 is 0 Å². The van der Waals surface area contributed by atoms with Gasteiger partial charge in [-0.3, -0.25) is 0 Å². The van der Waals surface area contributed by atoms with Crippen LogP contribution >= 0.6 is 15.9 Å². The average Bonchev–Trinajstić information content (AvgIpc) is 3.07. The molecule has 1 fully saturated rings. The largest absolute Gasteiger partial charge is 0.361 e. The molecule has 0 aliphatic carbocycles. The fourth-order valence-electron chi connectivity index (χ4n) is 2.61. The van der Waals surface area contributed by atoms with Crippen LogP contribution in [0.25, 0.3) is 0 Å². The normalized spacial score (nSPS) is 20.0.